The molecule has 12 heteroatoms. The van der Waals surface area contributed by atoms with Crippen LogP contribution in [0.5, 0.6) is 0 Å². The second kappa shape index (κ2) is 9.81. The van der Waals surface area contributed by atoms with Crippen molar-refractivity contribution in [2.45, 2.75) is 45.2 Å². The molecule has 3 aliphatic rings. The van der Waals surface area contributed by atoms with E-state index in [0.717, 1.165) is 57.3 Å². The van der Waals surface area contributed by atoms with Gasteiger partial charge in [-0.1, -0.05) is 6.92 Å². The van der Waals surface area contributed by atoms with E-state index in [1.165, 1.54) is 6.07 Å². The molecule has 5 heterocycles. The fraction of sp³-hybridized carbons (Fsp3) is 0.414. The van der Waals surface area contributed by atoms with Gasteiger partial charge in [0.15, 0.2) is 11.6 Å². The number of amides is 1. The minimum absolute atomic E-state index is 0.0364. The van der Waals surface area contributed by atoms with Gasteiger partial charge in [-0.25, -0.2) is 28.7 Å². The van der Waals surface area contributed by atoms with Crippen molar-refractivity contribution in [3.63, 3.8) is 0 Å². The van der Waals surface area contributed by atoms with E-state index in [2.05, 4.69) is 47.3 Å². The Labute approximate surface area is 235 Å². The van der Waals surface area contributed by atoms with E-state index >= 15 is 8.78 Å². The Morgan fingerprint density at radius 1 is 0.951 bits per heavy atom. The maximum atomic E-state index is 15.3. The van der Waals surface area contributed by atoms with E-state index in [4.69, 9.17) is 0 Å². The standard InChI is InChI=1S/C29H31F2N9O/c1-3-38-6-8-39(9-7-38)16-19-14-32-24-12-22(19)35-25(41)13-29(4-5-29)40-17(2)34-27-20(30)10-18(11-23(27)40)26-21(31)15-33-28(36-24)37-26/h10-12,14-15H,3-9,13,16H2,1-2H3,(H,35,41)(H,32,33,36,37). The Morgan fingerprint density at radius 3 is 2.49 bits per heavy atom. The summed E-state index contributed by atoms with van der Waals surface area (Å²) in [6.45, 7) is 9.52. The molecular formula is C29H31F2N9O. The molecule has 2 N–H and O–H groups in total. The van der Waals surface area contributed by atoms with Crippen LogP contribution in [0.25, 0.3) is 22.3 Å². The number of nitrogens with one attached hydrogen (secondary N) is 2. The van der Waals surface area contributed by atoms with Crippen LogP contribution in [0.15, 0.2) is 30.6 Å². The van der Waals surface area contributed by atoms with Crippen molar-refractivity contribution in [3.05, 3.63) is 53.6 Å². The molecule has 212 valence electrons. The maximum absolute atomic E-state index is 15.3. The van der Waals surface area contributed by atoms with E-state index in [0.29, 0.717) is 29.4 Å². The summed E-state index contributed by atoms with van der Waals surface area (Å²) in [6.07, 6.45) is 4.52. The zero-order valence-electron chi connectivity index (χ0n) is 23.0. The number of piperazine rings is 1. The van der Waals surface area contributed by atoms with Crippen molar-refractivity contribution in [2.75, 3.05) is 43.4 Å². The highest BCUT2D eigenvalue weighted by Gasteiger charge is 2.48. The smallest absolute Gasteiger partial charge is 0.229 e. The second-order valence-electron chi connectivity index (χ2n) is 11.2. The summed E-state index contributed by atoms with van der Waals surface area (Å²) < 4.78 is 32.3. The SMILES string of the molecule is CCN1CCN(Cc2cnc3cc2NC(=O)CC2(CC2)n2c(C)nc4c(F)cc(cc42)-c2nc(ncc2F)N3)CC1. The van der Waals surface area contributed by atoms with Crippen LogP contribution in [-0.4, -0.2) is 72.9 Å². The monoisotopic (exact) mass is 559 g/mol. The van der Waals surface area contributed by atoms with Crippen molar-refractivity contribution in [1.29, 1.82) is 0 Å². The lowest BCUT2D eigenvalue weighted by Gasteiger charge is -2.34. The number of imidazole rings is 1. The number of nitrogens with zero attached hydrogens (tertiary/aromatic N) is 7. The third-order valence-corrected chi connectivity index (χ3v) is 8.50. The average molecular weight is 560 g/mol. The lowest BCUT2D eigenvalue weighted by Crippen LogP contribution is -2.45. The first-order valence-corrected chi connectivity index (χ1v) is 14.0. The van der Waals surface area contributed by atoms with Crippen LogP contribution >= 0.6 is 0 Å². The molecular weight excluding hydrogens is 528 g/mol. The van der Waals surface area contributed by atoms with Gasteiger partial charge in [-0.15, -0.1) is 0 Å². The number of aryl methyl sites for hydroxylation is 1. The van der Waals surface area contributed by atoms with Crippen LogP contribution in [0.4, 0.5) is 26.2 Å². The maximum Gasteiger partial charge on any atom is 0.229 e. The molecule has 10 nitrogen and oxygen atoms in total. The number of hydrogen-bond acceptors (Lipinski definition) is 8. The molecule has 1 spiro atoms. The van der Waals surface area contributed by atoms with Crippen molar-refractivity contribution in [1.82, 2.24) is 34.3 Å². The molecule has 1 saturated carbocycles. The zero-order valence-corrected chi connectivity index (χ0v) is 23.0. The van der Waals surface area contributed by atoms with Crippen molar-refractivity contribution in [3.8, 4) is 11.3 Å². The molecule has 2 aliphatic heterocycles. The minimum Gasteiger partial charge on any atom is -0.326 e. The molecule has 2 fully saturated rings. The van der Waals surface area contributed by atoms with Crippen LogP contribution in [0, 0.1) is 18.6 Å². The van der Waals surface area contributed by atoms with Crippen LogP contribution in [-0.2, 0) is 16.9 Å². The van der Waals surface area contributed by atoms with E-state index < -0.39 is 17.2 Å². The summed E-state index contributed by atoms with van der Waals surface area (Å²) in [7, 11) is 0. The number of carbonyl (C=O) groups excluding carboxylic acids is 1. The van der Waals surface area contributed by atoms with E-state index in [1.807, 2.05) is 11.5 Å². The molecule has 0 radical (unpaired) electrons. The number of fused-ring (bicyclic) bond motifs is 7. The van der Waals surface area contributed by atoms with Crippen molar-refractivity contribution >= 4 is 34.4 Å². The van der Waals surface area contributed by atoms with E-state index in [-0.39, 0.29) is 35.1 Å². The zero-order chi connectivity index (χ0) is 28.3. The molecule has 0 unspecified atom stereocenters. The molecule has 1 amide bonds. The van der Waals surface area contributed by atoms with E-state index in [9.17, 15) is 4.79 Å². The molecule has 1 aromatic carbocycles. The van der Waals surface area contributed by atoms with Crippen molar-refractivity contribution < 1.29 is 13.6 Å². The Hall–Kier alpha value is -4.03. The highest BCUT2D eigenvalue weighted by molar-refractivity contribution is 5.93. The van der Waals surface area contributed by atoms with Crippen LogP contribution in [0.2, 0.25) is 0 Å². The Morgan fingerprint density at radius 2 is 1.73 bits per heavy atom. The number of carbonyl (C=O) groups is 1. The highest BCUT2D eigenvalue weighted by Crippen LogP contribution is 2.49. The van der Waals surface area contributed by atoms with Gasteiger partial charge in [-0.05, 0) is 38.4 Å². The predicted molar refractivity (Wildman–Crippen MR) is 151 cm³/mol. The lowest BCUT2D eigenvalue weighted by atomic mass is 10.1. The number of rotatable bonds is 3. The Balaban J connectivity index is 1.32. The first kappa shape index (κ1) is 25.9. The topological polar surface area (TPSA) is 104 Å². The van der Waals surface area contributed by atoms with Gasteiger partial charge in [0.05, 0.1) is 29.4 Å². The predicted octanol–water partition coefficient (Wildman–Crippen LogP) is 4.19. The number of halogens is 2. The average Bonchev–Trinajstić information content (AvgIpc) is 3.63. The fourth-order valence-electron chi connectivity index (χ4n) is 6.15. The molecule has 4 aromatic rings. The van der Waals surface area contributed by atoms with Crippen LogP contribution in [0.3, 0.4) is 0 Å². The number of benzene rings is 1. The van der Waals surface area contributed by atoms with Crippen LogP contribution < -0.4 is 10.6 Å². The lowest BCUT2D eigenvalue weighted by molar-refractivity contribution is -0.117. The summed E-state index contributed by atoms with van der Waals surface area (Å²) in [5, 5.41) is 6.17. The number of likely N-dealkylation sites (N-methyl/N-ethyl adjacent to an activating group) is 1. The van der Waals surface area contributed by atoms with Gasteiger partial charge in [0.25, 0.3) is 0 Å². The number of pyridine rings is 1. The summed E-state index contributed by atoms with van der Waals surface area (Å²) in [5.41, 5.74) is 1.95. The minimum atomic E-state index is -0.674. The van der Waals surface area contributed by atoms with Gasteiger partial charge < -0.3 is 20.1 Å². The van der Waals surface area contributed by atoms with Gasteiger partial charge in [0.1, 0.15) is 22.9 Å². The van der Waals surface area contributed by atoms with Gasteiger partial charge in [0, 0.05) is 56.1 Å². The summed E-state index contributed by atoms with van der Waals surface area (Å²) in [5.74, 6) is -0.281. The third kappa shape index (κ3) is 4.70. The first-order chi connectivity index (χ1) is 19.8. The second-order valence-corrected chi connectivity index (χ2v) is 11.2. The van der Waals surface area contributed by atoms with Crippen LogP contribution in [0.1, 0.15) is 37.6 Å². The first-order valence-electron chi connectivity index (χ1n) is 14.0. The Bertz CT molecular complexity index is 1670. The fourth-order valence-corrected chi connectivity index (χ4v) is 6.15. The highest BCUT2D eigenvalue weighted by atomic mass is 19.1. The van der Waals surface area contributed by atoms with Gasteiger partial charge in [-0.2, -0.15) is 0 Å². The summed E-state index contributed by atoms with van der Waals surface area (Å²) in [4.78, 5) is 35.9. The summed E-state index contributed by atoms with van der Waals surface area (Å²) >= 11 is 0. The third-order valence-electron chi connectivity index (χ3n) is 8.50. The molecule has 1 saturated heterocycles. The Kier molecular flexibility index (Phi) is 6.20. The number of hydrogen-bond donors (Lipinski definition) is 2. The van der Waals surface area contributed by atoms with Crippen molar-refractivity contribution in [2.24, 2.45) is 0 Å². The van der Waals surface area contributed by atoms with E-state index in [1.54, 1.807) is 18.3 Å². The largest absolute Gasteiger partial charge is 0.326 e. The molecule has 7 rings (SSSR count). The quantitative estimate of drug-likeness (QED) is 0.385. The summed E-state index contributed by atoms with van der Waals surface area (Å²) in [6, 6.07) is 4.70. The molecule has 3 aromatic heterocycles. The molecule has 1 aliphatic carbocycles. The number of aromatic nitrogens is 5. The number of anilines is 3. The molecule has 41 heavy (non-hydrogen) atoms. The molecule has 0 atom stereocenters. The molecule has 6 bridgehead atoms. The van der Waals surface area contributed by atoms with Gasteiger partial charge in [0.2, 0.25) is 11.9 Å². The normalized spacial score (nSPS) is 18.7. The van der Waals surface area contributed by atoms with Gasteiger partial charge >= 0.3 is 0 Å². The van der Waals surface area contributed by atoms with Gasteiger partial charge in [-0.3, -0.25) is 9.69 Å².